The number of aliphatic hydroxyl groups is 1. The molecule has 1 aliphatic heterocycles. The molecule has 1 atom stereocenters. The van der Waals surface area contributed by atoms with Gasteiger partial charge in [0.2, 0.25) is 6.79 Å². The minimum atomic E-state index is -0.333. The van der Waals surface area contributed by atoms with Crippen LogP contribution in [0, 0.1) is 0 Å². The first kappa shape index (κ1) is 11.6. The molecule has 2 rings (SSSR count). The van der Waals surface area contributed by atoms with Gasteiger partial charge in [0, 0.05) is 17.2 Å². The van der Waals surface area contributed by atoms with Gasteiger partial charge >= 0.3 is 0 Å². The summed E-state index contributed by atoms with van der Waals surface area (Å²) in [5.41, 5.74) is 0. The summed E-state index contributed by atoms with van der Waals surface area (Å²) in [5.74, 6) is 2.24. The van der Waals surface area contributed by atoms with Gasteiger partial charge in [0.25, 0.3) is 0 Å². The van der Waals surface area contributed by atoms with Gasteiger partial charge in [-0.15, -0.1) is 11.8 Å². The van der Waals surface area contributed by atoms with Crippen LogP contribution in [0.15, 0.2) is 23.1 Å². The molecule has 0 aliphatic carbocycles. The maximum Gasteiger partial charge on any atom is 0.231 e. The largest absolute Gasteiger partial charge is 0.454 e. The number of ether oxygens (including phenoxy) is 2. The molecule has 5 heteroatoms. The quantitative estimate of drug-likeness (QED) is 0.756. The zero-order valence-electron chi connectivity index (χ0n) is 9.10. The van der Waals surface area contributed by atoms with Crippen LogP contribution in [-0.4, -0.2) is 37.3 Å². The third-order valence-corrected chi connectivity index (χ3v) is 3.36. The summed E-state index contributed by atoms with van der Waals surface area (Å²) in [6, 6.07) is 5.82. The molecule has 0 amide bonds. The highest BCUT2D eigenvalue weighted by Crippen LogP contribution is 2.35. The molecule has 4 nitrogen and oxygen atoms in total. The minimum absolute atomic E-state index is 0.297. The molecule has 0 aromatic heterocycles. The number of likely N-dealkylation sites (N-methyl/N-ethyl adjacent to an activating group) is 1. The zero-order valence-corrected chi connectivity index (χ0v) is 9.92. The van der Waals surface area contributed by atoms with E-state index in [-0.39, 0.29) is 6.10 Å². The first-order valence-corrected chi connectivity index (χ1v) is 6.13. The Bertz CT molecular complexity index is 359. The zero-order chi connectivity index (χ0) is 11.4. The molecule has 0 spiro atoms. The van der Waals surface area contributed by atoms with Crippen molar-refractivity contribution in [1.82, 2.24) is 5.32 Å². The van der Waals surface area contributed by atoms with Crippen LogP contribution in [-0.2, 0) is 0 Å². The van der Waals surface area contributed by atoms with Crippen LogP contribution in [0.25, 0.3) is 0 Å². The number of nitrogens with one attached hydrogen (secondary N) is 1. The van der Waals surface area contributed by atoms with Gasteiger partial charge in [-0.25, -0.2) is 0 Å². The number of rotatable bonds is 5. The molecule has 1 aromatic rings. The second-order valence-electron chi connectivity index (χ2n) is 3.54. The lowest BCUT2D eigenvalue weighted by Crippen LogP contribution is -2.25. The van der Waals surface area contributed by atoms with Gasteiger partial charge in [0.15, 0.2) is 11.5 Å². The standard InChI is InChI=1S/C11H15NO3S/c1-12-5-8(13)6-16-9-2-3-10-11(4-9)15-7-14-10/h2-4,8,12-13H,5-7H2,1H3. The van der Waals surface area contributed by atoms with Crippen molar-refractivity contribution in [1.29, 1.82) is 0 Å². The monoisotopic (exact) mass is 241 g/mol. The van der Waals surface area contributed by atoms with Crippen molar-refractivity contribution < 1.29 is 14.6 Å². The third-order valence-electron chi connectivity index (χ3n) is 2.23. The molecule has 88 valence electrons. The maximum absolute atomic E-state index is 9.56. The Kier molecular flexibility index (Phi) is 3.93. The lowest BCUT2D eigenvalue weighted by Gasteiger charge is -2.09. The van der Waals surface area contributed by atoms with Crippen LogP contribution in [0.5, 0.6) is 11.5 Å². The van der Waals surface area contributed by atoms with Gasteiger partial charge in [-0.2, -0.15) is 0 Å². The Balaban J connectivity index is 1.90. The minimum Gasteiger partial charge on any atom is -0.454 e. The second-order valence-corrected chi connectivity index (χ2v) is 4.63. The fourth-order valence-corrected chi connectivity index (χ4v) is 2.31. The fourth-order valence-electron chi connectivity index (χ4n) is 1.45. The highest BCUT2D eigenvalue weighted by atomic mass is 32.2. The number of thioether (sulfide) groups is 1. The summed E-state index contributed by atoms with van der Waals surface area (Å²) in [7, 11) is 1.83. The van der Waals surface area contributed by atoms with Crippen LogP contribution >= 0.6 is 11.8 Å². The van der Waals surface area contributed by atoms with E-state index in [1.807, 2.05) is 25.2 Å². The van der Waals surface area contributed by atoms with E-state index in [0.717, 1.165) is 16.4 Å². The Labute approximate surface area is 98.9 Å². The van der Waals surface area contributed by atoms with E-state index >= 15 is 0 Å². The first-order chi connectivity index (χ1) is 7.79. The SMILES string of the molecule is CNCC(O)CSc1ccc2c(c1)OCO2. The van der Waals surface area contributed by atoms with Crippen LogP contribution < -0.4 is 14.8 Å². The van der Waals surface area contributed by atoms with E-state index in [2.05, 4.69) is 5.32 Å². The molecule has 1 aliphatic rings. The van der Waals surface area contributed by atoms with Gasteiger partial charge in [-0.1, -0.05) is 0 Å². The molecular weight excluding hydrogens is 226 g/mol. The smallest absolute Gasteiger partial charge is 0.231 e. The molecule has 1 aromatic carbocycles. The van der Waals surface area contributed by atoms with Crippen LogP contribution in [0.3, 0.4) is 0 Å². The molecule has 0 saturated heterocycles. The molecule has 2 N–H and O–H groups in total. The maximum atomic E-state index is 9.56. The van der Waals surface area contributed by atoms with Gasteiger partial charge in [-0.3, -0.25) is 0 Å². The van der Waals surface area contributed by atoms with E-state index in [1.165, 1.54) is 0 Å². The van der Waals surface area contributed by atoms with Crippen molar-refractivity contribution in [3.63, 3.8) is 0 Å². The lowest BCUT2D eigenvalue weighted by molar-refractivity contribution is 0.174. The van der Waals surface area contributed by atoms with Crippen LogP contribution in [0.4, 0.5) is 0 Å². The topological polar surface area (TPSA) is 50.7 Å². The fraction of sp³-hybridized carbons (Fsp3) is 0.455. The molecule has 1 heterocycles. The average molecular weight is 241 g/mol. The summed E-state index contributed by atoms with van der Waals surface area (Å²) in [6.45, 7) is 0.906. The number of aliphatic hydroxyl groups excluding tert-OH is 1. The molecule has 16 heavy (non-hydrogen) atoms. The summed E-state index contributed by atoms with van der Waals surface area (Å²) in [4.78, 5) is 1.08. The number of benzene rings is 1. The summed E-state index contributed by atoms with van der Waals surface area (Å²) in [6.07, 6.45) is -0.333. The molecule has 0 fully saturated rings. The van der Waals surface area contributed by atoms with Crippen LogP contribution in [0.1, 0.15) is 0 Å². The summed E-state index contributed by atoms with van der Waals surface area (Å²) >= 11 is 1.61. The van der Waals surface area contributed by atoms with Gasteiger partial charge in [0.05, 0.1) is 6.10 Å². The highest BCUT2D eigenvalue weighted by molar-refractivity contribution is 7.99. The Hall–Kier alpha value is -0.910. The van der Waals surface area contributed by atoms with Crippen molar-refractivity contribution in [3.05, 3.63) is 18.2 Å². The number of fused-ring (bicyclic) bond motifs is 1. The first-order valence-electron chi connectivity index (χ1n) is 5.14. The van der Waals surface area contributed by atoms with Crippen molar-refractivity contribution in [2.24, 2.45) is 0 Å². The van der Waals surface area contributed by atoms with E-state index in [0.29, 0.717) is 19.1 Å². The van der Waals surface area contributed by atoms with Gasteiger partial charge in [0.1, 0.15) is 0 Å². The molecule has 1 unspecified atom stereocenters. The Morgan fingerprint density at radius 1 is 1.44 bits per heavy atom. The average Bonchev–Trinajstić information content (AvgIpc) is 2.74. The highest BCUT2D eigenvalue weighted by Gasteiger charge is 2.13. The number of hydrogen-bond donors (Lipinski definition) is 2. The van der Waals surface area contributed by atoms with Crippen molar-refractivity contribution in [3.8, 4) is 11.5 Å². The Morgan fingerprint density at radius 2 is 2.25 bits per heavy atom. The lowest BCUT2D eigenvalue weighted by atomic mass is 10.3. The van der Waals surface area contributed by atoms with Crippen molar-refractivity contribution in [2.75, 3.05) is 26.1 Å². The van der Waals surface area contributed by atoms with E-state index < -0.39 is 0 Å². The molecular formula is C11H15NO3S. The molecule has 0 bridgehead atoms. The third kappa shape index (κ3) is 2.81. The predicted octanol–water partition coefficient (Wildman–Crippen LogP) is 1.09. The normalized spacial score (nSPS) is 15.1. The molecule has 0 saturated carbocycles. The van der Waals surface area contributed by atoms with Crippen molar-refractivity contribution >= 4 is 11.8 Å². The van der Waals surface area contributed by atoms with Crippen LogP contribution in [0.2, 0.25) is 0 Å². The van der Waals surface area contributed by atoms with Gasteiger partial charge < -0.3 is 19.9 Å². The van der Waals surface area contributed by atoms with E-state index in [4.69, 9.17) is 9.47 Å². The molecule has 0 radical (unpaired) electrons. The predicted molar refractivity (Wildman–Crippen MR) is 63.2 cm³/mol. The summed E-state index contributed by atoms with van der Waals surface area (Å²) < 4.78 is 10.5. The van der Waals surface area contributed by atoms with E-state index in [1.54, 1.807) is 11.8 Å². The Morgan fingerprint density at radius 3 is 3.06 bits per heavy atom. The summed E-state index contributed by atoms with van der Waals surface area (Å²) in [5, 5.41) is 12.5. The van der Waals surface area contributed by atoms with Gasteiger partial charge in [-0.05, 0) is 25.2 Å². The van der Waals surface area contributed by atoms with E-state index in [9.17, 15) is 5.11 Å². The van der Waals surface area contributed by atoms with Crippen molar-refractivity contribution in [2.45, 2.75) is 11.0 Å². The number of hydrogen-bond acceptors (Lipinski definition) is 5. The second kappa shape index (κ2) is 5.43.